The van der Waals surface area contributed by atoms with Gasteiger partial charge in [0.25, 0.3) is 0 Å². The Labute approximate surface area is 163 Å². The first-order chi connectivity index (χ1) is 13.3. The fourth-order valence-corrected chi connectivity index (χ4v) is 3.53. The van der Waals surface area contributed by atoms with E-state index in [1.807, 2.05) is 57.2 Å². The summed E-state index contributed by atoms with van der Waals surface area (Å²) in [5.74, 6) is -1.23. The van der Waals surface area contributed by atoms with Gasteiger partial charge >= 0.3 is 0 Å². The zero-order chi connectivity index (χ0) is 20.0. The van der Waals surface area contributed by atoms with Gasteiger partial charge in [0.15, 0.2) is 5.65 Å². The third-order valence-electron chi connectivity index (χ3n) is 4.96. The number of fused-ring (bicyclic) bond motifs is 1. The number of aryl methyl sites for hydroxylation is 4. The lowest BCUT2D eigenvalue weighted by Gasteiger charge is -2.11. The van der Waals surface area contributed by atoms with Crippen LogP contribution in [-0.2, 0) is 0 Å². The Hall–Kier alpha value is -3.47. The van der Waals surface area contributed by atoms with Crippen LogP contribution in [0.5, 0.6) is 0 Å². The van der Waals surface area contributed by atoms with Crippen LogP contribution >= 0.6 is 0 Å². The van der Waals surface area contributed by atoms with E-state index in [9.17, 15) is 9.90 Å². The van der Waals surface area contributed by atoms with Gasteiger partial charge in [-0.25, -0.2) is 9.67 Å². The number of hydrogen-bond donors (Lipinski definition) is 0. The van der Waals surface area contributed by atoms with Crippen LogP contribution in [0.15, 0.2) is 48.5 Å². The van der Waals surface area contributed by atoms with Crippen molar-refractivity contribution in [1.29, 1.82) is 0 Å². The minimum atomic E-state index is -1.23. The molecule has 0 saturated heterocycles. The molecule has 5 heteroatoms. The lowest BCUT2D eigenvalue weighted by Crippen LogP contribution is -2.23. The Bertz CT molecular complexity index is 1220. The zero-order valence-corrected chi connectivity index (χ0v) is 16.3. The Balaban J connectivity index is 2.05. The van der Waals surface area contributed by atoms with E-state index >= 15 is 0 Å². The highest BCUT2D eigenvalue weighted by Crippen LogP contribution is 2.29. The van der Waals surface area contributed by atoms with E-state index in [0.29, 0.717) is 22.4 Å². The number of nitrogens with zero attached hydrogens (tertiary/aromatic N) is 3. The van der Waals surface area contributed by atoms with Crippen molar-refractivity contribution in [3.8, 4) is 16.9 Å². The molecule has 2 heterocycles. The topological polar surface area (TPSA) is 70.8 Å². The summed E-state index contributed by atoms with van der Waals surface area (Å²) in [5, 5.41) is 17.0. The lowest BCUT2D eigenvalue weighted by molar-refractivity contribution is -0.254. The molecular weight excluding hydrogens is 350 g/mol. The standard InChI is InChI=1S/C23H21N3O2/c1-13-5-8-17(9-6-13)19-12-18(23(27)28)21-16(4)25-26(22(21)24-19)20-10-7-14(2)11-15(20)3/h5-12H,1-4H3,(H,27,28)/p-1. The largest absolute Gasteiger partial charge is 0.545 e. The van der Waals surface area contributed by atoms with Crippen LogP contribution < -0.4 is 5.11 Å². The predicted octanol–water partition coefficient (Wildman–Crippen LogP) is 3.68. The van der Waals surface area contributed by atoms with E-state index in [2.05, 4.69) is 11.2 Å². The van der Waals surface area contributed by atoms with Crippen LogP contribution in [-0.4, -0.2) is 20.7 Å². The molecule has 0 aliphatic rings. The second-order valence-electron chi connectivity index (χ2n) is 7.19. The molecule has 28 heavy (non-hydrogen) atoms. The van der Waals surface area contributed by atoms with Crippen molar-refractivity contribution in [1.82, 2.24) is 14.8 Å². The van der Waals surface area contributed by atoms with Crippen LogP contribution in [0.1, 0.15) is 32.7 Å². The molecule has 0 atom stereocenters. The quantitative estimate of drug-likeness (QED) is 0.551. The Kier molecular flexibility index (Phi) is 4.23. The molecule has 4 rings (SSSR count). The first-order valence-corrected chi connectivity index (χ1v) is 9.11. The van der Waals surface area contributed by atoms with Gasteiger partial charge in [-0.3, -0.25) is 0 Å². The maximum absolute atomic E-state index is 11.9. The number of carbonyl (C=O) groups excluding carboxylic acids is 1. The number of carboxylic acid groups (broad SMARTS) is 1. The summed E-state index contributed by atoms with van der Waals surface area (Å²) in [6.45, 7) is 7.84. The maximum Gasteiger partial charge on any atom is 0.164 e. The highest BCUT2D eigenvalue weighted by Gasteiger charge is 2.18. The van der Waals surface area contributed by atoms with Gasteiger partial charge in [-0.2, -0.15) is 5.10 Å². The number of aromatic carboxylic acids is 1. The molecule has 2 aromatic heterocycles. The van der Waals surface area contributed by atoms with E-state index in [1.165, 1.54) is 0 Å². The van der Waals surface area contributed by atoms with Crippen molar-refractivity contribution < 1.29 is 9.90 Å². The summed E-state index contributed by atoms with van der Waals surface area (Å²) in [4.78, 5) is 16.7. The highest BCUT2D eigenvalue weighted by atomic mass is 16.4. The summed E-state index contributed by atoms with van der Waals surface area (Å²) >= 11 is 0. The number of carboxylic acids is 1. The molecule has 0 aliphatic carbocycles. The SMILES string of the molecule is Cc1ccc(-c2cc(C(=O)[O-])c3c(C)nn(-c4ccc(C)cc4C)c3n2)cc1. The molecule has 0 bridgehead atoms. The van der Waals surface area contributed by atoms with Crippen LogP contribution in [0.3, 0.4) is 0 Å². The number of hydrogen-bond acceptors (Lipinski definition) is 4. The van der Waals surface area contributed by atoms with Crippen LogP contribution in [0.2, 0.25) is 0 Å². The van der Waals surface area contributed by atoms with E-state index in [-0.39, 0.29) is 5.56 Å². The second-order valence-corrected chi connectivity index (χ2v) is 7.19. The molecule has 0 saturated carbocycles. The zero-order valence-electron chi connectivity index (χ0n) is 16.3. The monoisotopic (exact) mass is 370 g/mol. The number of aromatic nitrogens is 3. The number of benzene rings is 2. The maximum atomic E-state index is 11.9. The highest BCUT2D eigenvalue weighted by molar-refractivity contribution is 6.03. The number of pyridine rings is 1. The van der Waals surface area contributed by atoms with E-state index in [1.54, 1.807) is 17.7 Å². The first-order valence-electron chi connectivity index (χ1n) is 9.11. The summed E-state index contributed by atoms with van der Waals surface area (Å²) in [7, 11) is 0. The molecule has 0 spiro atoms. The van der Waals surface area contributed by atoms with Crippen LogP contribution in [0.25, 0.3) is 28.0 Å². The minimum Gasteiger partial charge on any atom is -0.545 e. The molecule has 0 fully saturated rings. The number of rotatable bonds is 3. The fourth-order valence-electron chi connectivity index (χ4n) is 3.53. The average Bonchev–Trinajstić information content (AvgIpc) is 2.98. The molecule has 0 amide bonds. The van der Waals surface area contributed by atoms with Crippen molar-refractivity contribution in [2.45, 2.75) is 27.7 Å². The summed E-state index contributed by atoms with van der Waals surface area (Å²) < 4.78 is 1.73. The van der Waals surface area contributed by atoms with Crippen molar-refractivity contribution in [2.24, 2.45) is 0 Å². The van der Waals surface area contributed by atoms with Crippen molar-refractivity contribution in [2.75, 3.05) is 0 Å². The van der Waals surface area contributed by atoms with Gasteiger partial charge in [0.2, 0.25) is 0 Å². The Morgan fingerprint density at radius 3 is 2.25 bits per heavy atom. The van der Waals surface area contributed by atoms with Gasteiger partial charge in [0.05, 0.1) is 28.4 Å². The van der Waals surface area contributed by atoms with Crippen LogP contribution in [0.4, 0.5) is 0 Å². The molecule has 0 radical (unpaired) electrons. The molecule has 0 aliphatic heterocycles. The van der Waals surface area contributed by atoms with E-state index < -0.39 is 5.97 Å². The molecule has 0 N–H and O–H groups in total. The minimum absolute atomic E-state index is 0.106. The van der Waals surface area contributed by atoms with Crippen molar-refractivity contribution >= 4 is 17.0 Å². The van der Waals surface area contributed by atoms with Gasteiger partial charge in [0.1, 0.15) is 0 Å². The van der Waals surface area contributed by atoms with E-state index in [4.69, 9.17) is 4.98 Å². The normalized spacial score (nSPS) is 11.1. The molecule has 0 unspecified atom stereocenters. The van der Waals surface area contributed by atoms with Gasteiger partial charge in [-0.1, -0.05) is 47.5 Å². The number of carbonyl (C=O) groups is 1. The molecule has 2 aromatic carbocycles. The van der Waals surface area contributed by atoms with Crippen molar-refractivity contribution in [3.63, 3.8) is 0 Å². The Morgan fingerprint density at radius 1 is 0.929 bits per heavy atom. The van der Waals surface area contributed by atoms with Crippen LogP contribution in [0, 0.1) is 27.7 Å². The van der Waals surface area contributed by atoms with Crippen molar-refractivity contribution in [3.05, 3.63) is 76.5 Å². The van der Waals surface area contributed by atoms with E-state index in [0.717, 1.165) is 27.9 Å². The first kappa shape index (κ1) is 17.9. The predicted molar refractivity (Wildman–Crippen MR) is 108 cm³/mol. The summed E-state index contributed by atoms with van der Waals surface area (Å²) in [5.41, 5.74) is 6.86. The van der Waals surface area contributed by atoms with Gasteiger partial charge in [0, 0.05) is 11.1 Å². The molecule has 5 nitrogen and oxygen atoms in total. The molecular formula is C23H20N3O2-. The van der Waals surface area contributed by atoms with Gasteiger partial charge < -0.3 is 9.90 Å². The Morgan fingerprint density at radius 2 is 1.61 bits per heavy atom. The van der Waals surface area contributed by atoms with Gasteiger partial charge in [-0.05, 0) is 45.4 Å². The fraction of sp³-hybridized carbons (Fsp3) is 0.174. The lowest BCUT2D eigenvalue weighted by atomic mass is 10.0. The molecule has 140 valence electrons. The average molecular weight is 370 g/mol. The second kappa shape index (κ2) is 6.60. The smallest absolute Gasteiger partial charge is 0.164 e. The third-order valence-corrected chi connectivity index (χ3v) is 4.96. The third kappa shape index (κ3) is 2.95. The summed E-state index contributed by atoms with van der Waals surface area (Å²) in [6, 6.07) is 15.5. The summed E-state index contributed by atoms with van der Waals surface area (Å²) in [6.07, 6.45) is 0. The molecule has 4 aromatic rings. The van der Waals surface area contributed by atoms with Gasteiger partial charge in [-0.15, -0.1) is 0 Å².